The third-order valence-corrected chi connectivity index (χ3v) is 4.71. The molecule has 1 unspecified atom stereocenters. The van der Waals surface area contributed by atoms with Crippen LogP contribution in [0, 0.1) is 24.7 Å². The maximum atomic E-state index is 12.7. The van der Waals surface area contributed by atoms with Crippen molar-refractivity contribution >= 4 is 29.1 Å². The number of terminal acetylenes is 2. The van der Waals surface area contributed by atoms with Gasteiger partial charge in [0, 0.05) is 17.2 Å². The first-order valence-corrected chi connectivity index (χ1v) is 10.3. The fraction of sp³-hybridized carbons (Fsp3) is 0.292. The number of hydrogen-bond donors (Lipinski definition) is 1. The average molecular weight is 476 g/mol. The molecule has 0 saturated carbocycles. The van der Waals surface area contributed by atoms with Crippen molar-refractivity contribution in [1.82, 2.24) is 5.32 Å². The van der Waals surface area contributed by atoms with E-state index in [1.54, 1.807) is 43.3 Å². The molecule has 0 aromatic heterocycles. The van der Waals surface area contributed by atoms with Gasteiger partial charge in [0.25, 0.3) is 5.91 Å². The van der Waals surface area contributed by atoms with E-state index in [9.17, 15) is 4.79 Å². The molecular weight excluding hydrogens is 453 g/mol. The summed E-state index contributed by atoms with van der Waals surface area (Å²) in [7, 11) is 1.49. The van der Waals surface area contributed by atoms with Crippen LogP contribution in [-0.2, 0) is 9.53 Å². The first kappa shape index (κ1) is 25.2. The summed E-state index contributed by atoms with van der Waals surface area (Å²) >= 11 is 12.2. The maximum Gasteiger partial charge on any atom is 0.253 e. The van der Waals surface area contributed by atoms with Crippen LogP contribution in [0.2, 0.25) is 10.0 Å². The minimum Gasteiger partial charge on any atom is -0.493 e. The van der Waals surface area contributed by atoms with E-state index < -0.39 is 12.2 Å². The molecule has 2 aromatic rings. The molecule has 0 bridgehead atoms. The fourth-order valence-corrected chi connectivity index (χ4v) is 3.01. The first-order chi connectivity index (χ1) is 15.4. The van der Waals surface area contributed by atoms with Gasteiger partial charge in [-0.15, -0.1) is 12.8 Å². The molecule has 2 atom stereocenters. The SMILES string of the molecule is C#CCOc1cc(Cl)c(O[C@@H](C)CNC(=O)C(OCC#C)c2ccc(Cl)cc2)cc1OC. The lowest BCUT2D eigenvalue weighted by molar-refractivity contribution is -0.132. The van der Waals surface area contributed by atoms with Crippen LogP contribution in [0.3, 0.4) is 0 Å². The molecule has 0 aliphatic rings. The Kier molecular flexibility index (Phi) is 10.0. The van der Waals surface area contributed by atoms with Crippen LogP contribution in [0.1, 0.15) is 18.6 Å². The quantitative estimate of drug-likeness (QED) is 0.491. The van der Waals surface area contributed by atoms with Gasteiger partial charge in [0.15, 0.2) is 17.6 Å². The van der Waals surface area contributed by atoms with Gasteiger partial charge < -0.3 is 24.3 Å². The van der Waals surface area contributed by atoms with Crippen LogP contribution in [0.4, 0.5) is 0 Å². The molecule has 8 heteroatoms. The molecule has 6 nitrogen and oxygen atoms in total. The average Bonchev–Trinajstić information content (AvgIpc) is 2.79. The predicted octanol–water partition coefficient (Wildman–Crippen LogP) is 4.29. The van der Waals surface area contributed by atoms with E-state index in [-0.39, 0.29) is 25.7 Å². The van der Waals surface area contributed by atoms with Gasteiger partial charge in [-0.2, -0.15) is 0 Å². The normalized spacial score (nSPS) is 12.1. The number of nitrogens with one attached hydrogen (secondary N) is 1. The van der Waals surface area contributed by atoms with Crippen molar-refractivity contribution in [3.63, 3.8) is 0 Å². The molecule has 1 N–H and O–H groups in total. The second-order valence-electron chi connectivity index (χ2n) is 6.55. The second kappa shape index (κ2) is 12.7. The number of amides is 1. The van der Waals surface area contributed by atoms with E-state index in [1.165, 1.54) is 7.11 Å². The molecule has 0 spiro atoms. The molecule has 0 heterocycles. The second-order valence-corrected chi connectivity index (χ2v) is 7.39. The monoisotopic (exact) mass is 475 g/mol. The molecule has 0 saturated heterocycles. The number of carbonyl (C=O) groups is 1. The Morgan fingerprint density at radius 1 is 1.06 bits per heavy atom. The zero-order valence-corrected chi connectivity index (χ0v) is 19.2. The zero-order chi connectivity index (χ0) is 23.5. The van der Waals surface area contributed by atoms with Gasteiger partial charge in [-0.05, 0) is 24.6 Å². The van der Waals surface area contributed by atoms with Crippen LogP contribution in [0.5, 0.6) is 17.2 Å². The van der Waals surface area contributed by atoms with Crippen LogP contribution < -0.4 is 19.5 Å². The highest BCUT2D eigenvalue weighted by atomic mass is 35.5. The summed E-state index contributed by atoms with van der Waals surface area (Å²) in [6, 6.07) is 9.92. The highest BCUT2D eigenvalue weighted by Gasteiger charge is 2.22. The summed E-state index contributed by atoms with van der Waals surface area (Å²) in [5.41, 5.74) is 0.631. The molecule has 32 heavy (non-hydrogen) atoms. The van der Waals surface area contributed by atoms with Crippen molar-refractivity contribution < 1.29 is 23.7 Å². The number of hydrogen-bond acceptors (Lipinski definition) is 5. The van der Waals surface area contributed by atoms with Crippen LogP contribution in [0.15, 0.2) is 36.4 Å². The summed E-state index contributed by atoms with van der Waals surface area (Å²) in [6.07, 6.45) is 9.19. The van der Waals surface area contributed by atoms with Gasteiger partial charge in [-0.25, -0.2) is 0 Å². The van der Waals surface area contributed by atoms with E-state index >= 15 is 0 Å². The summed E-state index contributed by atoms with van der Waals surface area (Å²) in [5, 5.41) is 3.66. The lowest BCUT2D eigenvalue weighted by Gasteiger charge is -2.21. The van der Waals surface area contributed by atoms with Crippen molar-refractivity contribution in [2.75, 3.05) is 26.9 Å². The molecule has 2 rings (SSSR count). The van der Waals surface area contributed by atoms with Gasteiger partial charge in [0.1, 0.15) is 25.1 Å². The van der Waals surface area contributed by atoms with E-state index in [0.717, 1.165) is 0 Å². The van der Waals surface area contributed by atoms with Crippen molar-refractivity contribution in [1.29, 1.82) is 0 Å². The number of rotatable bonds is 11. The summed E-state index contributed by atoms with van der Waals surface area (Å²) < 4.78 is 22.1. The maximum absolute atomic E-state index is 12.7. The number of carbonyl (C=O) groups excluding carboxylic acids is 1. The lowest BCUT2D eigenvalue weighted by Crippen LogP contribution is -2.37. The molecule has 0 aliphatic heterocycles. The predicted molar refractivity (Wildman–Crippen MR) is 124 cm³/mol. The van der Waals surface area contributed by atoms with Crippen LogP contribution in [0.25, 0.3) is 0 Å². The standard InChI is InChI=1S/C24H23Cl2NO5/c1-5-11-30-22-13-19(26)20(14-21(22)29-4)32-16(3)15-27-24(28)23(31-12-6-2)17-7-9-18(25)10-8-17/h1-2,7-10,13-14,16,23H,11-12,15H2,3-4H3,(H,27,28)/t16-,23?/m0/s1. The summed E-state index contributed by atoms with van der Waals surface area (Å²) in [6.45, 7) is 2.03. The van der Waals surface area contributed by atoms with Gasteiger partial charge in [-0.1, -0.05) is 47.2 Å². The molecule has 0 radical (unpaired) electrons. The Morgan fingerprint density at radius 2 is 1.75 bits per heavy atom. The van der Waals surface area contributed by atoms with Crippen LogP contribution in [-0.4, -0.2) is 38.9 Å². The summed E-state index contributed by atoms with van der Waals surface area (Å²) in [4.78, 5) is 12.7. The molecular formula is C24H23Cl2NO5. The van der Waals surface area contributed by atoms with Crippen molar-refractivity contribution in [3.05, 3.63) is 52.0 Å². The topological polar surface area (TPSA) is 66.0 Å². The lowest BCUT2D eigenvalue weighted by atomic mass is 10.1. The molecule has 168 valence electrons. The van der Waals surface area contributed by atoms with E-state index in [1.807, 2.05) is 0 Å². The third-order valence-electron chi connectivity index (χ3n) is 4.17. The summed E-state index contributed by atoms with van der Waals surface area (Å²) in [5.74, 6) is 5.57. The Labute approximate surface area is 198 Å². The Bertz CT molecular complexity index is 995. The molecule has 1 amide bonds. The molecule has 0 fully saturated rings. The number of ether oxygens (including phenoxy) is 4. The largest absolute Gasteiger partial charge is 0.493 e. The molecule has 2 aromatic carbocycles. The van der Waals surface area contributed by atoms with Gasteiger partial charge in [0.05, 0.1) is 18.7 Å². The minimum atomic E-state index is -0.883. The van der Waals surface area contributed by atoms with E-state index in [4.69, 9.17) is 55.0 Å². The smallest absolute Gasteiger partial charge is 0.253 e. The van der Waals surface area contributed by atoms with E-state index in [2.05, 4.69) is 17.2 Å². The number of benzene rings is 2. The fourth-order valence-electron chi connectivity index (χ4n) is 2.69. The minimum absolute atomic E-state index is 0.0176. The van der Waals surface area contributed by atoms with Gasteiger partial charge in [0.2, 0.25) is 0 Å². The van der Waals surface area contributed by atoms with Gasteiger partial charge in [-0.3, -0.25) is 4.79 Å². The number of methoxy groups -OCH3 is 1. The van der Waals surface area contributed by atoms with E-state index in [0.29, 0.717) is 32.9 Å². The highest BCUT2D eigenvalue weighted by molar-refractivity contribution is 6.32. The zero-order valence-electron chi connectivity index (χ0n) is 17.7. The third kappa shape index (κ3) is 7.28. The van der Waals surface area contributed by atoms with Crippen molar-refractivity contribution in [2.45, 2.75) is 19.1 Å². The van der Waals surface area contributed by atoms with Gasteiger partial charge >= 0.3 is 0 Å². The first-order valence-electron chi connectivity index (χ1n) is 9.58. The van der Waals surface area contributed by atoms with Crippen molar-refractivity contribution in [3.8, 4) is 41.9 Å². The molecule has 0 aliphatic carbocycles. The van der Waals surface area contributed by atoms with Crippen LogP contribution >= 0.6 is 23.2 Å². The van der Waals surface area contributed by atoms with Crippen molar-refractivity contribution in [2.24, 2.45) is 0 Å². The number of halogens is 2. The highest BCUT2D eigenvalue weighted by Crippen LogP contribution is 2.38. The Balaban J connectivity index is 2.03. The Morgan fingerprint density at radius 3 is 2.38 bits per heavy atom. The Hall–Kier alpha value is -3.03.